The molecule has 0 aliphatic carbocycles. The van der Waals surface area contributed by atoms with E-state index in [2.05, 4.69) is 35.4 Å². The van der Waals surface area contributed by atoms with Gasteiger partial charge in [0.15, 0.2) is 0 Å². The van der Waals surface area contributed by atoms with Gasteiger partial charge in [0, 0.05) is 39.3 Å². The van der Waals surface area contributed by atoms with Crippen molar-refractivity contribution in [3.63, 3.8) is 0 Å². The predicted molar refractivity (Wildman–Crippen MR) is 80.0 cm³/mol. The second kappa shape index (κ2) is 7.36. The highest BCUT2D eigenvalue weighted by Gasteiger charge is 2.09. The molecule has 1 aliphatic rings. The molecule has 0 aromatic heterocycles. The maximum atomic E-state index is 5.80. The molecule has 0 unspecified atom stereocenters. The summed E-state index contributed by atoms with van der Waals surface area (Å²) in [6.07, 6.45) is 0.205. The number of nitrogens with zero attached hydrogens (tertiary/aromatic N) is 1. The first-order chi connectivity index (χ1) is 9.25. The van der Waals surface area contributed by atoms with Crippen molar-refractivity contribution in [3.05, 3.63) is 24.3 Å². The lowest BCUT2D eigenvalue weighted by Crippen LogP contribution is -2.45. The molecule has 0 amide bonds. The quantitative estimate of drug-likeness (QED) is 0.820. The van der Waals surface area contributed by atoms with E-state index < -0.39 is 0 Å². The molecule has 0 atom stereocenters. The highest BCUT2D eigenvalue weighted by atomic mass is 16.5. The smallest absolute Gasteiger partial charge is 0.142 e. The lowest BCUT2D eigenvalue weighted by molar-refractivity contribution is 0.242. The summed E-state index contributed by atoms with van der Waals surface area (Å²) in [7, 11) is 0. The van der Waals surface area contributed by atoms with Gasteiger partial charge in [-0.1, -0.05) is 12.1 Å². The average molecular weight is 263 g/mol. The minimum Gasteiger partial charge on any atom is -0.489 e. The van der Waals surface area contributed by atoms with Gasteiger partial charge in [-0.05, 0) is 26.0 Å². The van der Waals surface area contributed by atoms with E-state index in [0.717, 1.165) is 50.7 Å². The molecule has 1 fully saturated rings. The largest absolute Gasteiger partial charge is 0.489 e. The zero-order valence-corrected chi connectivity index (χ0v) is 12.0. The van der Waals surface area contributed by atoms with Gasteiger partial charge < -0.3 is 15.4 Å². The zero-order valence-electron chi connectivity index (χ0n) is 12.0. The number of ether oxygens (including phenoxy) is 1. The van der Waals surface area contributed by atoms with Crippen LogP contribution in [-0.2, 0) is 0 Å². The average Bonchev–Trinajstić information content (AvgIpc) is 2.41. The third kappa shape index (κ3) is 4.73. The lowest BCUT2D eigenvalue weighted by atomic mass is 10.3. The SMILES string of the molecule is CC(C)Oc1ccccc1NCCN1CCNCC1. The monoisotopic (exact) mass is 263 g/mol. The van der Waals surface area contributed by atoms with Crippen molar-refractivity contribution >= 4 is 5.69 Å². The first-order valence-corrected chi connectivity index (χ1v) is 7.18. The molecule has 1 aliphatic heterocycles. The molecule has 1 heterocycles. The molecule has 1 aromatic carbocycles. The van der Waals surface area contributed by atoms with Crippen LogP contribution in [0.15, 0.2) is 24.3 Å². The van der Waals surface area contributed by atoms with Crippen LogP contribution >= 0.6 is 0 Å². The normalized spacial score (nSPS) is 16.6. The van der Waals surface area contributed by atoms with E-state index in [4.69, 9.17) is 4.74 Å². The summed E-state index contributed by atoms with van der Waals surface area (Å²) in [5.74, 6) is 0.942. The molecular formula is C15H25N3O. The van der Waals surface area contributed by atoms with Crippen LogP contribution in [0.4, 0.5) is 5.69 Å². The molecule has 4 nitrogen and oxygen atoms in total. The van der Waals surface area contributed by atoms with E-state index >= 15 is 0 Å². The molecule has 19 heavy (non-hydrogen) atoms. The van der Waals surface area contributed by atoms with Gasteiger partial charge in [0.1, 0.15) is 5.75 Å². The molecular weight excluding hydrogens is 238 g/mol. The number of hydrogen-bond acceptors (Lipinski definition) is 4. The van der Waals surface area contributed by atoms with Gasteiger partial charge in [0.25, 0.3) is 0 Å². The van der Waals surface area contributed by atoms with Crippen molar-refractivity contribution in [1.29, 1.82) is 0 Å². The van der Waals surface area contributed by atoms with Gasteiger partial charge in [-0.2, -0.15) is 0 Å². The van der Waals surface area contributed by atoms with E-state index in [-0.39, 0.29) is 6.10 Å². The standard InChI is InChI=1S/C15H25N3O/c1-13(2)19-15-6-4-3-5-14(15)17-9-12-18-10-7-16-8-11-18/h3-6,13,16-17H,7-12H2,1-2H3. The summed E-state index contributed by atoms with van der Waals surface area (Å²) in [5.41, 5.74) is 1.09. The molecule has 0 saturated carbocycles. The molecule has 0 radical (unpaired) electrons. The van der Waals surface area contributed by atoms with Gasteiger partial charge in [0.2, 0.25) is 0 Å². The Kier molecular flexibility index (Phi) is 5.48. The summed E-state index contributed by atoms with van der Waals surface area (Å²) in [4.78, 5) is 2.48. The molecule has 0 bridgehead atoms. The van der Waals surface area contributed by atoms with Gasteiger partial charge in [0.05, 0.1) is 11.8 Å². The Balaban J connectivity index is 1.81. The molecule has 4 heteroatoms. The minimum absolute atomic E-state index is 0.205. The Morgan fingerprint density at radius 2 is 2.00 bits per heavy atom. The van der Waals surface area contributed by atoms with Gasteiger partial charge in [-0.25, -0.2) is 0 Å². The van der Waals surface area contributed by atoms with Crippen molar-refractivity contribution < 1.29 is 4.74 Å². The maximum absolute atomic E-state index is 5.80. The Bertz CT molecular complexity index is 375. The number of para-hydroxylation sites is 2. The number of benzene rings is 1. The molecule has 106 valence electrons. The van der Waals surface area contributed by atoms with Crippen LogP contribution < -0.4 is 15.4 Å². The number of anilines is 1. The van der Waals surface area contributed by atoms with E-state index in [0.29, 0.717) is 0 Å². The van der Waals surface area contributed by atoms with Crippen LogP contribution in [0.5, 0.6) is 5.75 Å². The summed E-state index contributed by atoms with van der Waals surface area (Å²) in [5, 5.41) is 6.85. The first kappa shape index (κ1) is 14.2. The van der Waals surface area contributed by atoms with Crippen LogP contribution in [0, 0.1) is 0 Å². The molecule has 1 aromatic rings. The van der Waals surface area contributed by atoms with Crippen molar-refractivity contribution in [2.24, 2.45) is 0 Å². The Morgan fingerprint density at radius 3 is 2.74 bits per heavy atom. The van der Waals surface area contributed by atoms with Crippen LogP contribution in [0.1, 0.15) is 13.8 Å². The first-order valence-electron chi connectivity index (χ1n) is 7.18. The van der Waals surface area contributed by atoms with Crippen LogP contribution in [0.3, 0.4) is 0 Å². The summed E-state index contributed by atoms with van der Waals surface area (Å²) in [6.45, 7) is 10.6. The Hall–Kier alpha value is -1.26. The van der Waals surface area contributed by atoms with Crippen LogP contribution in [0.2, 0.25) is 0 Å². The highest BCUT2D eigenvalue weighted by Crippen LogP contribution is 2.24. The van der Waals surface area contributed by atoms with Crippen molar-refractivity contribution in [2.45, 2.75) is 20.0 Å². The lowest BCUT2D eigenvalue weighted by Gasteiger charge is -2.27. The third-order valence-corrected chi connectivity index (χ3v) is 3.20. The molecule has 2 rings (SSSR count). The Morgan fingerprint density at radius 1 is 1.26 bits per heavy atom. The van der Waals surface area contributed by atoms with Gasteiger partial charge in [-0.3, -0.25) is 4.90 Å². The zero-order chi connectivity index (χ0) is 13.5. The predicted octanol–water partition coefficient (Wildman–Crippen LogP) is 1.79. The van der Waals surface area contributed by atoms with Crippen molar-refractivity contribution in [1.82, 2.24) is 10.2 Å². The summed E-state index contributed by atoms with van der Waals surface area (Å²) >= 11 is 0. The summed E-state index contributed by atoms with van der Waals surface area (Å²) < 4.78 is 5.80. The number of rotatable bonds is 6. The number of nitrogens with one attached hydrogen (secondary N) is 2. The molecule has 0 spiro atoms. The molecule has 1 saturated heterocycles. The topological polar surface area (TPSA) is 36.5 Å². The van der Waals surface area contributed by atoms with Gasteiger partial charge >= 0.3 is 0 Å². The van der Waals surface area contributed by atoms with Crippen LogP contribution in [0.25, 0.3) is 0 Å². The van der Waals surface area contributed by atoms with E-state index in [1.54, 1.807) is 0 Å². The van der Waals surface area contributed by atoms with Crippen molar-refractivity contribution in [3.8, 4) is 5.75 Å². The van der Waals surface area contributed by atoms with Gasteiger partial charge in [-0.15, -0.1) is 0 Å². The third-order valence-electron chi connectivity index (χ3n) is 3.20. The minimum atomic E-state index is 0.205. The van der Waals surface area contributed by atoms with E-state index in [1.807, 2.05) is 18.2 Å². The fourth-order valence-electron chi connectivity index (χ4n) is 2.25. The molecule has 2 N–H and O–H groups in total. The van der Waals surface area contributed by atoms with E-state index in [9.17, 15) is 0 Å². The number of piperazine rings is 1. The second-order valence-electron chi connectivity index (χ2n) is 5.18. The fourth-order valence-corrected chi connectivity index (χ4v) is 2.25. The highest BCUT2D eigenvalue weighted by molar-refractivity contribution is 5.56. The van der Waals surface area contributed by atoms with E-state index in [1.165, 1.54) is 0 Å². The Labute approximate surface area is 116 Å². The fraction of sp³-hybridized carbons (Fsp3) is 0.600. The second-order valence-corrected chi connectivity index (χ2v) is 5.18. The number of hydrogen-bond donors (Lipinski definition) is 2. The summed E-state index contributed by atoms with van der Waals surface area (Å²) in [6, 6.07) is 8.15. The maximum Gasteiger partial charge on any atom is 0.142 e. The van der Waals surface area contributed by atoms with Crippen molar-refractivity contribution in [2.75, 3.05) is 44.6 Å². The van der Waals surface area contributed by atoms with Crippen LogP contribution in [-0.4, -0.2) is 50.3 Å².